The van der Waals surface area contributed by atoms with Crippen molar-refractivity contribution in [3.63, 3.8) is 0 Å². The monoisotopic (exact) mass is 243 g/mol. The van der Waals surface area contributed by atoms with Gasteiger partial charge in [0.2, 0.25) is 0 Å². The van der Waals surface area contributed by atoms with Crippen LogP contribution in [-0.2, 0) is 0 Å². The van der Waals surface area contributed by atoms with Crippen molar-refractivity contribution < 1.29 is 4.42 Å². The van der Waals surface area contributed by atoms with Gasteiger partial charge in [-0.25, -0.2) is 0 Å². The number of rotatable bonds is 1. The Kier molecular flexibility index (Phi) is 2.67. The Balaban J connectivity index is 2.17. The first-order chi connectivity index (χ1) is 8.24. The normalized spacial score (nSPS) is 16.8. The Bertz CT molecular complexity index is 609. The third-order valence-corrected chi connectivity index (χ3v) is 2.87. The van der Waals surface area contributed by atoms with E-state index in [9.17, 15) is 4.79 Å². The number of halogens is 1. The number of benzene rings is 1. The first kappa shape index (κ1) is 10.8. The van der Waals surface area contributed by atoms with Crippen LogP contribution in [0, 0.1) is 31.6 Å². The summed E-state index contributed by atoms with van der Waals surface area (Å²) >= 11 is 5.85. The van der Waals surface area contributed by atoms with Gasteiger partial charge in [-0.15, -0.1) is 0 Å². The fraction of sp³-hybridized carbons (Fsp3) is 0. The summed E-state index contributed by atoms with van der Waals surface area (Å²) in [7, 11) is 0. The zero-order valence-corrected chi connectivity index (χ0v) is 9.57. The second kappa shape index (κ2) is 4.19. The van der Waals surface area contributed by atoms with E-state index in [4.69, 9.17) is 16.0 Å². The molecule has 0 atom stereocenters. The van der Waals surface area contributed by atoms with Crippen molar-refractivity contribution in [2.24, 2.45) is 0 Å². The Hall–Kier alpha value is -1.28. The summed E-state index contributed by atoms with van der Waals surface area (Å²) < 4.78 is 5.68. The van der Waals surface area contributed by atoms with Crippen LogP contribution in [0.3, 0.4) is 0 Å². The van der Waals surface area contributed by atoms with E-state index >= 15 is 0 Å². The molecular formula is C14H8ClO2. The molecule has 3 heteroatoms. The lowest BCUT2D eigenvalue weighted by Crippen LogP contribution is -2.05. The van der Waals surface area contributed by atoms with Gasteiger partial charge >= 0.3 is 0 Å². The van der Waals surface area contributed by atoms with Crippen LogP contribution in [0.25, 0.3) is 11.0 Å². The van der Waals surface area contributed by atoms with Crippen LogP contribution in [0.2, 0.25) is 5.02 Å². The molecule has 17 heavy (non-hydrogen) atoms. The van der Waals surface area contributed by atoms with Crippen molar-refractivity contribution >= 4 is 22.6 Å². The molecule has 0 spiro atoms. The molecule has 1 aromatic heterocycles. The number of hydrogen-bond acceptors (Lipinski definition) is 2. The lowest BCUT2D eigenvalue weighted by Gasteiger charge is -2.07. The topological polar surface area (TPSA) is 30.2 Å². The van der Waals surface area contributed by atoms with Crippen molar-refractivity contribution in [3.8, 4) is 0 Å². The van der Waals surface area contributed by atoms with Crippen molar-refractivity contribution in [3.05, 3.63) is 76.9 Å². The summed E-state index contributed by atoms with van der Waals surface area (Å²) in [5, 5.41) is 1.04. The van der Waals surface area contributed by atoms with Crippen molar-refractivity contribution in [1.82, 2.24) is 0 Å². The zero-order chi connectivity index (χ0) is 11.8. The lowest BCUT2D eigenvalue weighted by atomic mass is 10.0. The third kappa shape index (κ3) is 1.98. The number of fused-ring (bicyclic) bond motifs is 1. The maximum absolute atomic E-state index is 11.9. The zero-order valence-electron chi connectivity index (χ0n) is 8.81. The molecule has 0 N–H and O–H groups in total. The van der Waals surface area contributed by atoms with Crippen LogP contribution < -0.4 is 5.43 Å². The Labute approximate surface area is 104 Å². The Morgan fingerprint density at radius 1 is 1.06 bits per heavy atom. The highest BCUT2D eigenvalue weighted by atomic mass is 35.5. The highest BCUT2D eigenvalue weighted by molar-refractivity contribution is 6.31. The van der Waals surface area contributed by atoms with Gasteiger partial charge in [-0.1, -0.05) is 11.6 Å². The Morgan fingerprint density at radius 3 is 2.59 bits per heavy atom. The molecule has 1 aliphatic rings. The maximum atomic E-state index is 11.9. The van der Waals surface area contributed by atoms with Gasteiger partial charge in [-0.3, -0.25) is 4.79 Å². The molecule has 0 amide bonds. The van der Waals surface area contributed by atoms with Crippen molar-refractivity contribution in [1.29, 1.82) is 0 Å². The molecule has 1 aliphatic carbocycles. The van der Waals surface area contributed by atoms with Gasteiger partial charge in [0.15, 0.2) is 5.43 Å². The molecule has 2 aromatic rings. The standard InChI is InChI=1S/C14H8ClO2/c15-10-5-6-13-11(7-10)12(16)8-14(17-13)9-3-1-2-4-9/h1-8H. The molecule has 1 fully saturated rings. The average Bonchev–Trinajstić information content (AvgIpc) is 2.83. The van der Waals surface area contributed by atoms with Crippen LogP contribution in [0.1, 0.15) is 5.76 Å². The van der Waals surface area contributed by atoms with Crippen LogP contribution >= 0.6 is 11.6 Å². The minimum Gasteiger partial charge on any atom is -0.460 e. The van der Waals surface area contributed by atoms with E-state index in [1.807, 2.05) is 25.7 Å². The molecule has 0 aliphatic heterocycles. The average molecular weight is 244 g/mol. The van der Waals surface area contributed by atoms with E-state index in [1.165, 1.54) is 6.07 Å². The summed E-state index contributed by atoms with van der Waals surface area (Å²) in [6.07, 6.45) is 7.61. The van der Waals surface area contributed by atoms with E-state index in [0.717, 1.165) is 5.92 Å². The van der Waals surface area contributed by atoms with E-state index in [2.05, 4.69) is 0 Å². The van der Waals surface area contributed by atoms with Gasteiger partial charge < -0.3 is 4.42 Å². The SMILES string of the molecule is O=c1cc([C]2[CH][CH][CH][CH]2)oc2ccc(Cl)cc12. The molecular weight excluding hydrogens is 236 g/mol. The van der Waals surface area contributed by atoms with Gasteiger partial charge in [0.1, 0.15) is 11.3 Å². The van der Waals surface area contributed by atoms with E-state index < -0.39 is 0 Å². The van der Waals surface area contributed by atoms with Gasteiger partial charge in [0, 0.05) is 17.0 Å². The van der Waals surface area contributed by atoms with Crippen LogP contribution in [-0.4, -0.2) is 0 Å². The van der Waals surface area contributed by atoms with Crippen LogP contribution in [0.5, 0.6) is 0 Å². The third-order valence-electron chi connectivity index (χ3n) is 2.64. The summed E-state index contributed by atoms with van der Waals surface area (Å²) in [5.41, 5.74) is 0.475. The highest BCUT2D eigenvalue weighted by Gasteiger charge is 2.22. The van der Waals surface area contributed by atoms with Crippen molar-refractivity contribution in [2.75, 3.05) is 0 Å². The predicted octanol–water partition coefficient (Wildman–Crippen LogP) is 3.20. The van der Waals surface area contributed by atoms with Gasteiger partial charge in [-0.2, -0.15) is 0 Å². The lowest BCUT2D eigenvalue weighted by molar-refractivity contribution is 0.563. The molecule has 2 nitrogen and oxygen atoms in total. The largest absolute Gasteiger partial charge is 0.460 e. The first-order valence-electron chi connectivity index (χ1n) is 5.19. The minimum absolute atomic E-state index is 0.0787. The minimum atomic E-state index is -0.0787. The summed E-state index contributed by atoms with van der Waals surface area (Å²) in [5.74, 6) is 1.48. The fourth-order valence-electron chi connectivity index (χ4n) is 1.81. The van der Waals surface area contributed by atoms with Crippen LogP contribution in [0.4, 0.5) is 0 Å². The first-order valence-corrected chi connectivity index (χ1v) is 5.57. The van der Waals surface area contributed by atoms with Gasteiger partial charge in [0.05, 0.1) is 5.39 Å². The molecule has 0 saturated heterocycles. The highest BCUT2D eigenvalue weighted by Crippen LogP contribution is 2.30. The quantitative estimate of drug-likeness (QED) is 0.770. The molecule has 1 heterocycles. The van der Waals surface area contributed by atoms with Crippen LogP contribution in [0.15, 0.2) is 33.5 Å². The predicted molar refractivity (Wildman–Crippen MR) is 67.0 cm³/mol. The molecule has 0 bridgehead atoms. The maximum Gasteiger partial charge on any atom is 0.193 e. The number of hydrogen-bond donors (Lipinski definition) is 0. The van der Waals surface area contributed by atoms with Crippen molar-refractivity contribution in [2.45, 2.75) is 0 Å². The molecule has 1 saturated carbocycles. The molecule has 5 radical (unpaired) electrons. The molecule has 3 rings (SSSR count). The van der Waals surface area contributed by atoms with Gasteiger partial charge in [-0.05, 0) is 43.9 Å². The molecule has 83 valence electrons. The Morgan fingerprint density at radius 2 is 1.82 bits per heavy atom. The summed E-state index contributed by atoms with van der Waals surface area (Å²) in [4.78, 5) is 11.9. The second-order valence-corrected chi connectivity index (χ2v) is 4.23. The van der Waals surface area contributed by atoms with Gasteiger partial charge in [0.25, 0.3) is 0 Å². The summed E-state index contributed by atoms with van der Waals surface area (Å²) in [6, 6.07) is 6.54. The summed E-state index contributed by atoms with van der Waals surface area (Å²) in [6.45, 7) is 0. The second-order valence-electron chi connectivity index (χ2n) is 3.79. The van der Waals surface area contributed by atoms with E-state index in [1.54, 1.807) is 18.2 Å². The smallest absolute Gasteiger partial charge is 0.193 e. The van der Waals surface area contributed by atoms with E-state index in [-0.39, 0.29) is 5.43 Å². The van der Waals surface area contributed by atoms with E-state index in [0.29, 0.717) is 21.8 Å². The fourth-order valence-corrected chi connectivity index (χ4v) is 1.98. The molecule has 0 unspecified atom stereocenters. The molecule has 1 aromatic carbocycles.